The lowest BCUT2D eigenvalue weighted by Gasteiger charge is -2.03. The molecule has 0 aliphatic carbocycles. The van der Waals surface area contributed by atoms with Crippen molar-refractivity contribution in [2.75, 3.05) is 20.8 Å². The average molecular weight is 403 g/mol. The summed E-state index contributed by atoms with van der Waals surface area (Å²) in [5, 5.41) is 9.51. The van der Waals surface area contributed by atoms with Crippen molar-refractivity contribution in [2.24, 2.45) is 0 Å². The molecule has 0 amide bonds. The number of nitrogens with zero attached hydrogens (tertiary/aromatic N) is 4. The van der Waals surface area contributed by atoms with Crippen molar-refractivity contribution in [3.63, 3.8) is 0 Å². The third-order valence-corrected chi connectivity index (χ3v) is 4.59. The third kappa shape index (κ3) is 3.96. The molecule has 0 saturated heterocycles. The van der Waals surface area contributed by atoms with E-state index in [0.29, 0.717) is 12.4 Å². The largest absolute Gasteiger partial charge is 0.497 e. The van der Waals surface area contributed by atoms with Gasteiger partial charge in [-0.15, -0.1) is 0 Å². The van der Waals surface area contributed by atoms with Gasteiger partial charge in [0.2, 0.25) is 0 Å². The SMILES string of the molecule is CCOc1ccc(-c2nn(-c3ccc(OC)cc3)[n+](-c3ccc(OC)cc3)n2)cc1. The zero-order chi connectivity index (χ0) is 20.9. The van der Waals surface area contributed by atoms with Crippen LogP contribution in [-0.4, -0.2) is 35.8 Å². The molecular weight excluding hydrogens is 380 g/mol. The van der Waals surface area contributed by atoms with Gasteiger partial charge in [0.25, 0.3) is 0 Å². The Morgan fingerprint density at radius 2 is 1.33 bits per heavy atom. The zero-order valence-corrected chi connectivity index (χ0v) is 17.1. The maximum Gasteiger partial charge on any atom is 0.340 e. The minimum atomic E-state index is 0.602. The molecule has 30 heavy (non-hydrogen) atoms. The second-order valence-corrected chi connectivity index (χ2v) is 6.46. The molecule has 1 heterocycles. The summed E-state index contributed by atoms with van der Waals surface area (Å²) in [7, 11) is 3.29. The highest BCUT2D eigenvalue weighted by atomic mass is 16.5. The van der Waals surface area contributed by atoms with Crippen molar-refractivity contribution in [1.29, 1.82) is 0 Å². The molecule has 0 N–H and O–H groups in total. The second-order valence-electron chi connectivity index (χ2n) is 6.46. The number of tetrazole rings is 1. The Morgan fingerprint density at radius 3 is 1.90 bits per heavy atom. The van der Waals surface area contributed by atoms with Gasteiger partial charge in [-0.1, -0.05) is 0 Å². The number of rotatable bonds is 7. The van der Waals surface area contributed by atoms with E-state index in [1.807, 2.05) is 79.7 Å². The summed E-state index contributed by atoms with van der Waals surface area (Å²) in [4.78, 5) is 3.51. The van der Waals surface area contributed by atoms with E-state index in [-0.39, 0.29) is 0 Å². The first-order valence-corrected chi connectivity index (χ1v) is 9.63. The summed E-state index contributed by atoms with van der Waals surface area (Å²) in [6.07, 6.45) is 0. The number of methoxy groups -OCH3 is 2. The molecule has 0 spiro atoms. The lowest BCUT2D eigenvalue weighted by molar-refractivity contribution is -0.734. The molecular formula is C23H23N4O3+. The molecule has 7 heteroatoms. The van der Waals surface area contributed by atoms with Crippen LogP contribution >= 0.6 is 0 Å². The van der Waals surface area contributed by atoms with Crippen LogP contribution in [0.15, 0.2) is 72.8 Å². The van der Waals surface area contributed by atoms with Crippen molar-refractivity contribution in [1.82, 2.24) is 15.0 Å². The summed E-state index contributed by atoms with van der Waals surface area (Å²) < 4.78 is 16.1. The van der Waals surface area contributed by atoms with E-state index in [4.69, 9.17) is 24.4 Å². The van der Waals surface area contributed by atoms with Crippen LogP contribution in [0.25, 0.3) is 22.8 Å². The van der Waals surface area contributed by atoms with Gasteiger partial charge in [-0.25, -0.2) is 0 Å². The Balaban J connectivity index is 1.79. The highest BCUT2D eigenvalue weighted by Crippen LogP contribution is 2.21. The molecule has 0 radical (unpaired) electrons. The maximum absolute atomic E-state index is 5.53. The van der Waals surface area contributed by atoms with Gasteiger partial charge in [0.15, 0.2) is 5.69 Å². The zero-order valence-electron chi connectivity index (χ0n) is 17.1. The number of hydrogen-bond acceptors (Lipinski definition) is 5. The fourth-order valence-corrected chi connectivity index (χ4v) is 3.03. The lowest BCUT2D eigenvalue weighted by atomic mass is 10.2. The van der Waals surface area contributed by atoms with Crippen molar-refractivity contribution < 1.29 is 19.0 Å². The lowest BCUT2D eigenvalue weighted by Crippen LogP contribution is -2.43. The predicted octanol–water partition coefficient (Wildman–Crippen LogP) is 3.63. The number of ether oxygens (including phenoxy) is 3. The van der Waals surface area contributed by atoms with E-state index in [9.17, 15) is 0 Å². The first-order valence-electron chi connectivity index (χ1n) is 9.63. The summed E-state index contributed by atoms with van der Waals surface area (Å²) in [5.74, 6) is 2.98. The summed E-state index contributed by atoms with van der Waals surface area (Å²) >= 11 is 0. The quantitative estimate of drug-likeness (QED) is 0.441. The van der Waals surface area contributed by atoms with E-state index in [0.717, 1.165) is 34.2 Å². The molecule has 152 valence electrons. The minimum Gasteiger partial charge on any atom is -0.497 e. The Kier molecular flexibility index (Phi) is 5.61. The summed E-state index contributed by atoms with van der Waals surface area (Å²) in [6, 6.07) is 23.1. The van der Waals surface area contributed by atoms with E-state index < -0.39 is 0 Å². The molecule has 1 aromatic heterocycles. The molecule has 0 bridgehead atoms. The molecule has 3 aromatic carbocycles. The molecule has 0 saturated carbocycles. The van der Waals surface area contributed by atoms with Crippen LogP contribution in [0.3, 0.4) is 0 Å². The Morgan fingerprint density at radius 1 is 0.767 bits per heavy atom. The molecule has 0 atom stereocenters. The van der Waals surface area contributed by atoms with Crippen LogP contribution in [0.1, 0.15) is 6.92 Å². The predicted molar refractivity (Wildman–Crippen MR) is 113 cm³/mol. The summed E-state index contributed by atoms with van der Waals surface area (Å²) in [6.45, 7) is 2.59. The van der Waals surface area contributed by atoms with Gasteiger partial charge >= 0.3 is 5.82 Å². The molecule has 4 aromatic rings. The molecule has 4 rings (SSSR count). The van der Waals surface area contributed by atoms with Gasteiger partial charge < -0.3 is 14.2 Å². The number of benzene rings is 3. The van der Waals surface area contributed by atoms with Crippen LogP contribution in [0.4, 0.5) is 0 Å². The monoisotopic (exact) mass is 403 g/mol. The maximum atomic E-state index is 5.53. The second kappa shape index (κ2) is 8.65. The molecule has 0 fully saturated rings. The van der Waals surface area contributed by atoms with Crippen molar-refractivity contribution in [2.45, 2.75) is 6.92 Å². The number of aromatic nitrogens is 4. The van der Waals surface area contributed by atoms with Gasteiger partial charge in [-0.2, -0.15) is 0 Å². The van der Waals surface area contributed by atoms with Gasteiger partial charge in [0, 0.05) is 4.80 Å². The van der Waals surface area contributed by atoms with Gasteiger partial charge in [-0.05, 0) is 89.6 Å². The van der Waals surface area contributed by atoms with Crippen LogP contribution in [-0.2, 0) is 0 Å². The van der Waals surface area contributed by atoms with E-state index in [1.54, 1.807) is 23.8 Å². The van der Waals surface area contributed by atoms with E-state index >= 15 is 0 Å². The minimum absolute atomic E-state index is 0.602. The first-order chi connectivity index (χ1) is 14.7. The van der Waals surface area contributed by atoms with Gasteiger partial charge in [0.1, 0.15) is 22.9 Å². The van der Waals surface area contributed by atoms with E-state index in [1.165, 1.54) is 0 Å². The molecule has 0 aliphatic heterocycles. The highest BCUT2D eigenvalue weighted by Gasteiger charge is 2.23. The van der Waals surface area contributed by atoms with Crippen LogP contribution < -0.4 is 19.0 Å². The van der Waals surface area contributed by atoms with Crippen LogP contribution in [0.2, 0.25) is 0 Å². The van der Waals surface area contributed by atoms with Crippen molar-refractivity contribution in [3.8, 4) is 40.0 Å². The summed E-state index contributed by atoms with van der Waals surface area (Å²) in [5.41, 5.74) is 2.61. The topological polar surface area (TPSA) is 62.3 Å². The average Bonchev–Trinajstić information content (AvgIpc) is 3.25. The molecule has 0 aliphatic rings. The van der Waals surface area contributed by atoms with Crippen LogP contribution in [0, 0.1) is 0 Å². The van der Waals surface area contributed by atoms with Gasteiger partial charge in [0.05, 0.1) is 31.5 Å². The molecule has 0 unspecified atom stereocenters. The fraction of sp³-hybridized carbons (Fsp3) is 0.174. The Bertz CT molecular complexity index is 1040. The molecule has 7 nitrogen and oxygen atoms in total. The highest BCUT2D eigenvalue weighted by molar-refractivity contribution is 5.55. The Labute approximate surface area is 175 Å². The van der Waals surface area contributed by atoms with Gasteiger partial charge in [-0.3, -0.25) is 0 Å². The standard InChI is InChI=1S/C23H23N4O3/c1-4-30-22-11-5-17(6-12-22)23-24-26(18-7-13-20(28-2)14-8-18)27(25-23)19-9-15-21(29-3)16-10-19/h5-16H,4H2,1-3H3/q+1. The smallest absolute Gasteiger partial charge is 0.340 e. The first kappa shape index (κ1) is 19.4. The Hall–Kier alpha value is -3.87. The van der Waals surface area contributed by atoms with Crippen molar-refractivity contribution in [3.05, 3.63) is 72.8 Å². The van der Waals surface area contributed by atoms with Crippen molar-refractivity contribution >= 4 is 0 Å². The number of hydrogen-bond donors (Lipinski definition) is 0. The van der Waals surface area contributed by atoms with E-state index in [2.05, 4.69) is 0 Å². The van der Waals surface area contributed by atoms with Crippen LogP contribution in [0.5, 0.6) is 17.2 Å². The normalized spacial score (nSPS) is 10.6. The third-order valence-electron chi connectivity index (χ3n) is 4.59. The fourth-order valence-electron chi connectivity index (χ4n) is 3.03.